The van der Waals surface area contributed by atoms with E-state index in [-0.39, 0.29) is 12.0 Å². The number of likely N-dealkylation sites (tertiary alicyclic amines) is 1. The van der Waals surface area contributed by atoms with Gasteiger partial charge in [0.1, 0.15) is 5.75 Å². The number of hydrogen-bond donors (Lipinski definition) is 2. The van der Waals surface area contributed by atoms with Gasteiger partial charge in [0.25, 0.3) is 0 Å². The van der Waals surface area contributed by atoms with Crippen molar-refractivity contribution in [1.29, 1.82) is 0 Å². The van der Waals surface area contributed by atoms with Crippen LogP contribution in [0.2, 0.25) is 0 Å². The number of urea groups is 1. The number of nitrogens with two attached hydrogens (primary N) is 1. The lowest BCUT2D eigenvalue weighted by molar-refractivity contribution is 0.0750. The van der Waals surface area contributed by atoms with Crippen molar-refractivity contribution in [1.82, 2.24) is 14.4 Å². The Hall–Kier alpha value is -2.25. The van der Waals surface area contributed by atoms with E-state index in [1.54, 1.807) is 12.0 Å². The summed E-state index contributed by atoms with van der Waals surface area (Å²) in [5, 5.41) is 11.3. The molecule has 2 aliphatic rings. The number of rotatable bonds is 2. The first-order chi connectivity index (χ1) is 12.9. The maximum atomic E-state index is 12.2. The van der Waals surface area contributed by atoms with Crippen LogP contribution in [0, 0.1) is 0 Å². The zero-order chi connectivity index (χ0) is 19.3. The molecule has 3 heterocycles. The molecule has 2 amide bonds. The largest absolute Gasteiger partial charge is 0.497 e. The molecule has 0 saturated carbocycles. The van der Waals surface area contributed by atoms with Gasteiger partial charge in [0, 0.05) is 36.2 Å². The monoisotopic (exact) mass is 372 g/mol. The Morgan fingerprint density at radius 3 is 2.63 bits per heavy atom. The Balaban J connectivity index is 2.00. The highest BCUT2D eigenvalue weighted by atomic mass is 16.5. The number of amides is 2. The number of hydrogen-bond acceptors (Lipinski definition) is 4. The Morgan fingerprint density at radius 1 is 1.33 bits per heavy atom. The van der Waals surface area contributed by atoms with Crippen molar-refractivity contribution < 1.29 is 14.6 Å². The number of aliphatic hydroxyl groups is 1. The number of carbonyl (C=O) groups excluding carboxylic acids is 1. The first-order valence-electron chi connectivity index (χ1n) is 9.44. The smallest absolute Gasteiger partial charge is 0.315 e. The third kappa shape index (κ3) is 2.60. The summed E-state index contributed by atoms with van der Waals surface area (Å²) in [6.07, 6.45) is 1.92. The molecule has 2 aliphatic heterocycles. The van der Waals surface area contributed by atoms with Crippen molar-refractivity contribution in [3.8, 4) is 5.75 Å². The molecule has 1 atom stereocenters. The SMILES string of the molecule is COc1ccc2c3c(n(C)c2c1)C(CO)N(C(N)=O)CC31CCN(C)CC1. The van der Waals surface area contributed by atoms with E-state index < -0.39 is 12.1 Å². The molecule has 1 fully saturated rings. The molecule has 27 heavy (non-hydrogen) atoms. The normalized spacial score (nSPS) is 22.2. The molecule has 1 unspecified atom stereocenters. The molecule has 1 spiro atoms. The lowest BCUT2D eigenvalue weighted by Gasteiger charge is -2.49. The summed E-state index contributed by atoms with van der Waals surface area (Å²) >= 11 is 0. The van der Waals surface area contributed by atoms with E-state index in [0.29, 0.717) is 6.54 Å². The maximum absolute atomic E-state index is 12.2. The zero-order valence-electron chi connectivity index (χ0n) is 16.2. The minimum atomic E-state index is -0.471. The lowest BCUT2D eigenvalue weighted by Crippen LogP contribution is -2.56. The molecule has 0 radical (unpaired) electrons. The van der Waals surface area contributed by atoms with Gasteiger partial charge in [-0.3, -0.25) is 0 Å². The summed E-state index contributed by atoms with van der Waals surface area (Å²) in [7, 11) is 5.79. The quantitative estimate of drug-likeness (QED) is 0.838. The molecular formula is C20H28N4O3. The average Bonchev–Trinajstić information content (AvgIpc) is 2.97. The van der Waals surface area contributed by atoms with Crippen LogP contribution in [0.25, 0.3) is 10.9 Å². The van der Waals surface area contributed by atoms with Crippen LogP contribution in [-0.2, 0) is 12.5 Å². The summed E-state index contributed by atoms with van der Waals surface area (Å²) in [4.78, 5) is 16.2. The predicted octanol–water partition coefficient (Wildman–Crippen LogP) is 1.58. The van der Waals surface area contributed by atoms with Crippen molar-refractivity contribution in [3.63, 3.8) is 0 Å². The topological polar surface area (TPSA) is 84.0 Å². The molecule has 1 aromatic carbocycles. The zero-order valence-corrected chi connectivity index (χ0v) is 16.2. The standard InChI is InChI=1S/C20H28N4O3/c1-22-8-6-20(7-9-22)12-24(19(21)26)16(11-25)18-17(20)14-5-4-13(27-3)10-15(14)23(18)2/h4-5,10,16,25H,6-9,11-12H2,1-3H3,(H2,21,26). The number of aryl methyl sites for hydroxylation is 1. The number of carbonyl (C=O) groups is 1. The summed E-state index contributed by atoms with van der Waals surface area (Å²) < 4.78 is 7.52. The molecule has 7 heteroatoms. The van der Waals surface area contributed by atoms with Crippen LogP contribution in [0.15, 0.2) is 18.2 Å². The van der Waals surface area contributed by atoms with Gasteiger partial charge in [-0.1, -0.05) is 0 Å². The Morgan fingerprint density at radius 2 is 2.04 bits per heavy atom. The van der Waals surface area contributed by atoms with Gasteiger partial charge in [0.2, 0.25) is 0 Å². The molecule has 1 aromatic heterocycles. The average molecular weight is 372 g/mol. The van der Waals surface area contributed by atoms with Crippen molar-refractivity contribution >= 4 is 16.9 Å². The van der Waals surface area contributed by atoms with Gasteiger partial charge in [-0.15, -0.1) is 0 Å². The number of primary amides is 1. The number of aromatic nitrogens is 1. The molecule has 0 bridgehead atoms. The molecule has 2 aromatic rings. The van der Waals surface area contributed by atoms with E-state index in [4.69, 9.17) is 10.5 Å². The fourth-order valence-corrected chi connectivity index (χ4v) is 5.04. The van der Waals surface area contributed by atoms with E-state index in [9.17, 15) is 9.90 Å². The van der Waals surface area contributed by atoms with Gasteiger partial charge in [0.15, 0.2) is 0 Å². The van der Waals surface area contributed by atoms with Crippen LogP contribution < -0.4 is 10.5 Å². The highest BCUT2D eigenvalue weighted by Crippen LogP contribution is 2.49. The molecule has 4 rings (SSSR count). The molecule has 0 aliphatic carbocycles. The molecular weight excluding hydrogens is 344 g/mol. The van der Waals surface area contributed by atoms with E-state index in [0.717, 1.165) is 42.9 Å². The fraction of sp³-hybridized carbons (Fsp3) is 0.550. The number of methoxy groups -OCH3 is 1. The Labute approximate surface area is 159 Å². The summed E-state index contributed by atoms with van der Waals surface area (Å²) in [6, 6.07) is 5.23. The van der Waals surface area contributed by atoms with Gasteiger partial charge in [-0.2, -0.15) is 0 Å². The summed E-state index contributed by atoms with van der Waals surface area (Å²) in [5.74, 6) is 0.796. The number of nitrogens with zero attached hydrogens (tertiary/aromatic N) is 3. The lowest BCUT2D eigenvalue weighted by atomic mass is 9.68. The minimum Gasteiger partial charge on any atom is -0.497 e. The van der Waals surface area contributed by atoms with Crippen LogP contribution in [0.3, 0.4) is 0 Å². The minimum absolute atomic E-state index is 0.142. The molecule has 3 N–H and O–H groups in total. The van der Waals surface area contributed by atoms with Gasteiger partial charge in [0.05, 0.1) is 25.3 Å². The van der Waals surface area contributed by atoms with E-state index >= 15 is 0 Å². The van der Waals surface area contributed by atoms with Crippen LogP contribution in [0.5, 0.6) is 5.75 Å². The molecule has 146 valence electrons. The highest BCUT2D eigenvalue weighted by Gasteiger charge is 2.48. The van der Waals surface area contributed by atoms with Crippen LogP contribution >= 0.6 is 0 Å². The summed E-state index contributed by atoms with van der Waals surface area (Å²) in [6.45, 7) is 2.36. The number of aliphatic hydroxyl groups excluding tert-OH is 1. The Bertz CT molecular complexity index is 883. The third-order valence-corrected chi connectivity index (χ3v) is 6.55. The van der Waals surface area contributed by atoms with Crippen molar-refractivity contribution in [2.45, 2.75) is 24.3 Å². The van der Waals surface area contributed by atoms with Crippen molar-refractivity contribution in [2.75, 3.05) is 40.4 Å². The predicted molar refractivity (Wildman–Crippen MR) is 104 cm³/mol. The van der Waals surface area contributed by atoms with Crippen LogP contribution in [0.1, 0.15) is 30.1 Å². The van der Waals surface area contributed by atoms with Crippen LogP contribution in [0.4, 0.5) is 4.79 Å². The Kier molecular flexibility index (Phi) is 4.31. The number of fused-ring (bicyclic) bond motifs is 4. The van der Waals surface area contributed by atoms with Gasteiger partial charge >= 0.3 is 6.03 Å². The first kappa shape index (κ1) is 18.1. The maximum Gasteiger partial charge on any atom is 0.315 e. The first-order valence-corrected chi connectivity index (χ1v) is 9.44. The summed E-state index contributed by atoms with van der Waals surface area (Å²) in [5.41, 5.74) is 8.92. The molecule has 7 nitrogen and oxygen atoms in total. The second kappa shape index (κ2) is 6.42. The van der Waals surface area contributed by atoms with Crippen molar-refractivity contribution in [3.05, 3.63) is 29.5 Å². The van der Waals surface area contributed by atoms with Gasteiger partial charge < -0.3 is 29.9 Å². The van der Waals surface area contributed by atoms with E-state index in [1.807, 2.05) is 19.2 Å². The van der Waals surface area contributed by atoms with Crippen molar-refractivity contribution in [2.24, 2.45) is 12.8 Å². The number of ether oxygens (including phenoxy) is 1. The van der Waals surface area contributed by atoms with Crippen LogP contribution in [-0.4, -0.2) is 65.9 Å². The third-order valence-electron chi connectivity index (χ3n) is 6.55. The molecule has 1 saturated heterocycles. The highest BCUT2D eigenvalue weighted by molar-refractivity contribution is 5.89. The fourth-order valence-electron chi connectivity index (χ4n) is 5.04. The van der Waals surface area contributed by atoms with E-state index in [1.165, 1.54) is 10.9 Å². The van der Waals surface area contributed by atoms with Gasteiger partial charge in [-0.25, -0.2) is 4.79 Å². The second-order valence-electron chi connectivity index (χ2n) is 7.95. The number of benzene rings is 1. The number of piperidine rings is 1. The second-order valence-corrected chi connectivity index (χ2v) is 7.95. The van der Waals surface area contributed by atoms with Gasteiger partial charge in [-0.05, 0) is 50.7 Å². The van der Waals surface area contributed by atoms with E-state index in [2.05, 4.69) is 22.6 Å².